The predicted octanol–water partition coefficient (Wildman–Crippen LogP) is 4.41. The van der Waals surface area contributed by atoms with Gasteiger partial charge in [-0.15, -0.1) is 5.73 Å². The van der Waals surface area contributed by atoms with Gasteiger partial charge in [-0.2, -0.15) is 0 Å². The third-order valence-electron chi connectivity index (χ3n) is 2.63. The van der Waals surface area contributed by atoms with Crippen molar-refractivity contribution in [3.05, 3.63) is 83.1 Å². The van der Waals surface area contributed by atoms with E-state index >= 15 is 0 Å². The van der Waals surface area contributed by atoms with Crippen LogP contribution in [0.15, 0.2) is 66.4 Å². The van der Waals surface area contributed by atoms with Crippen LogP contribution in [-0.4, -0.2) is 0 Å². The summed E-state index contributed by atoms with van der Waals surface area (Å²) in [5.41, 5.74) is 7.02. The first kappa shape index (κ1) is 11.4. The van der Waals surface area contributed by atoms with E-state index in [1.807, 2.05) is 12.1 Å². The Morgan fingerprint density at radius 1 is 0.941 bits per heavy atom. The van der Waals surface area contributed by atoms with Crippen molar-refractivity contribution in [2.45, 2.75) is 13.3 Å². The Morgan fingerprint density at radius 2 is 1.65 bits per heavy atom. The van der Waals surface area contributed by atoms with Gasteiger partial charge in [-0.1, -0.05) is 60.2 Å². The normalized spacial score (nSPS) is 9.47. The van der Waals surface area contributed by atoms with Crippen molar-refractivity contribution in [1.82, 2.24) is 0 Å². The lowest BCUT2D eigenvalue weighted by Crippen LogP contribution is -1.77. The van der Waals surface area contributed by atoms with E-state index < -0.39 is 0 Å². The monoisotopic (exact) mass is 220 g/mol. The van der Waals surface area contributed by atoms with Crippen LogP contribution in [0.5, 0.6) is 0 Å². The summed E-state index contributed by atoms with van der Waals surface area (Å²) in [4.78, 5) is 0. The molecular formula is C17H16. The van der Waals surface area contributed by atoms with Crippen molar-refractivity contribution in [1.29, 1.82) is 0 Å². The second-order valence-corrected chi connectivity index (χ2v) is 4.12. The van der Waals surface area contributed by atoms with Crippen LogP contribution in [0.4, 0.5) is 0 Å². The molecule has 0 saturated heterocycles. The first-order valence-electron chi connectivity index (χ1n) is 5.86. The van der Waals surface area contributed by atoms with Crippen LogP contribution in [0.25, 0.3) is 6.08 Å². The summed E-state index contributed by atoms with van der Waals surface area (Å²) in [6.07, 6.45) is 5.01. The minimum absolute atomic E-state index is 0.934. The van der Waals surface area contributed by atoms with Crippen LogP contribution < -0.4 is 0 Å². The second-order valence-electron chi connectivity index (χ2n) is 4.12. The molecule has 0 heteroatoms. The Balaban J connectivity index is 1.99. The van der Waals surface area contributed by atoms with Crippen molar-refractivity contribution in [3.63, 3.8) is 0 Å². The minimum Gasteiger partial charge on any atom is -0.124 e. The van der Waals surface area contributed by atoms with Crippen LogP contribution in [0, 0.1) is 6.92 Å². The standard InChI is InChI=1S/C17H16/c1-15-11-13-17(14-12-15)10-6-5-9-16-7-3-2-4-8-16/h2-5,7-8,10-14H,9H2,1H3. The van der Waals surface area contributed by atoms with E-state index in [1.165, 1.54) is 16.7 Å². The Kier molecular flexibility index (Phi) is 3.96. The number of benzene rings is 2. The van der Waals surface area contributed by atoms with E-state index in [0.29, 0.717) is 0 Å². The topological polar surface area (TPSA) is 0 Å². The number of rotatable bonds is 3. The summed E-state index contributed by atoms with van der Waals surface area (Å²) in [5.74, 6) is 0. The van der Waals surface area contributed by atoms with E-state index in [4.69, 9.17) is 0 Å². The molecule has 2 aromatic carbocycles. The summed E-state index contributed by atoms with van der Waals surface area (Å²) < 4.78 is 0. The Hall–Kier alpha value is -2.04. The zero-order chi connectivity index (χ0) is 11.9. The van der Waals surface area contributed by atoms with Gasteiger partial charge < -0.3 is 0 Å². The molecule has 0 amide bonds. The summed E-state index contributed by atoms with van der Waals surface area (Å²) in [7, 11) is 0. The first-order chi connectivity index (χ1) is 8.34. The molecule has 0 saturated carbocycles. The molecule has 0 heterocycles. The van der Waals surface area contributed by atoms with Crippen LogP contribution in [0.1, 0.15) is 16.7 Å². The molecule has 17 heavy (non-hydrogen) atoms. The lowest BCUT2D eigenvalue weighted by molar-refractivity contribution is 1.28. The van der Waals surface area contributed by atoms with Gasteiger partial charge in [0.2, 0.25) is 0 Å². The SMILES string of the molecule is Cc1ccc(C=C=CCc2ccccc2)cc1. The summed E-state index contributed by atoms with van der Waals surface area (Å²) >= 11 is 0. The molecule has 0 nitrogen and oxygen atoms in total. The molecule has 2 aromatic rings. The highest BCUT2D eigenvalue weighted by atomic mass is 13.9. The Labute approximate surface area is 103 Å². The highest BCUT2D eigenvalue weighted by Gasteiger charge is 1.86. The number of allylic oxidation sites excluding steroid dienone is 1. The van der Waals surface area contributed by atoms with Gasteiger partial charge in [-0.3, -0.25) is 0 Å². The number of aryl methyl sites for hydroxylation is 1. The van der Waals surface area contributed by atoms with E-state index in [1.54, 1.807) is 0 Å². The Morgan fingerprint density at radius 3 is 2.35 bits per heavy atom. The van der Waals surface area contributed by atoms with Gasteiger partial charge in [0.25, 0.3) is 0 Å². The van der Waals surface area contributed by atoms with Gasteiger partial charge in [0, 0.05) is 0 Å². The largest absolute Gasteiger partial charge is 0.124 e. The average molecular weight is 220 g/mol. The molecule has 0 spiro atoms. The molecule has 0 N–H and O–H groups in total. The molecule has 0 radical (unpaired) electrons. The van der Waals surface area contributed by atoms with Gasteiger partial charge in [0.15, 0.2) is 0 Å². The van der Waals surface area contributed by atoms with Crippen molar-refractivity contribution in [2.75, 3.05) is 0 Å². The van der Waals surface area contributed by atoms with Gasteiger partial charge >= 0.3 is 0 Å². The maximum Gasteiger partial charge on any atom is -0.00212 e. The van der Waals surface area contributed by atoms with Gasteiger partial charge in [0.05, 0.1) is 0 Å². The molecule has 0 aliphatic carbocycles. The van der Waals surface area contributed by atoms with E-state index in [9.17, 15) is 0 Å². The quantitative estimate of drug-likeness (QED) is 0.672. The summed E-state index contributed by atoms with van der Waals surface area (Å²) in [5, 5.41) is 0. The first-order valence-corrected chi connectivity index (χ1v) is 5.86. The molecule has 0 unspecified atom stereocenters. The lowest BCUT2D eigenvalue weighted by Gasteiger charge is -1.93. The van der Waals surface area contributed by atoms with Gasteiger partial charge in [-0.25, -0.2) is 0 Å². The smallest absolute Gasteiger partial charge is 0.00212 e. The zero-order valence-corrected chi connectivity index (χ0v) is 10.1. The number of hydrogen-bond donors (Lipinski definition) is 0. The molecule has 0 bridgehead atoms. The Bertz CT molecular complexity index is 512. The molecule has 0 atom stereocenters. The zero-order valence-electron chi connectivity index (χ0n) is 10.1. The van der Waals surface area contributed by atoms with Crippen LogP contribution in [-0.2, 0) is 6.42 Å². The van der Waals surface area contributed by atoms with E-state index in [2.05, 4.69) is 67.3 Å². The second kappa shape index (κ2) is 5.89. The van der Waals surface area contributed by atoms with Crippen molar-refractivity contribution in [3.8, 4) is 0 Å². The highest BCUT2D eigenvalue weighted by Crippen LogP contribution is 2.04. The summed E-state index contributed by atoms with van der Waals surface area (Å²) in [6.45, 7) is 2.10. The van der Waals surface area contributed by atoms with Crippen LogP contribution >= 0.6 is 0 Å². The lowest BCUT2D eigenvalue weighted by atomic mass is 10.1. The molecule has 84 valence electrons. The molecular weight excluding hydrogens is 204 g/mol. The highest BCUT2D eigenvalue weighted by molar-refractivity contribution is 5.49. The maximum absolute atomic E-state index is 3.22. The third-order valence-corrected chi connectivity index (χ3v) is 2.63. The minimum atomic E-state index is 0.934. The van der Waals surface area contributed by atoms with Gasteiger partial charge in [0.1, 0.15) is 0 Å². The molecule has 0 fully saturated rings. The van der Waals surface area contributed by atoms with E-state index in [0.717, 1.165) is 6.42 Å². The fourth-order valence-corrected chi connectivity index (χ4v) is 1.61. The average Bonchev–Trinajstić information content (AvgIpc) is 2.38. The fraction of sp³-hybridized carbons (Fsp3) is 0.118. The van der Waals surface area contributed by atoms with Gasteiger partial charge in [-0.05, 0) is 36.6 Å². The molecule has 0 aliphatic rings. The van der Waals surface area contributed by atoms with Crippen molar-refractivity contribution < 1.29 is 0 Å². The third kappa shape index (κ3) is 3.79. The number of hydrogen-bond acceptors (Lipinski definition) is 0. The molecule has 0 aromatic heterocycles. The van der Waals surface area contributed by atoms with Crippen molar-refractivity contribution in [2.24, 2.45) is 0 Å². The van der Waals surface area contributed by atoms with E-state index in [-0.39, 0.29) is 0 Å². The maximum atomic E-state index is 3.22. The molecule has 2 rings (SSSR count). The fourth-order valence-electron chi connectivity index (χ4n) is 1.61. The van der Waals surface area contributed by atoms with Crippen LogP contribution in [0.2, 0.25) is 0 Å². The van der Waals surface area contributed by atoms with Crippen molar-refractivity contribution >= 4 is 6.08 Å². The molecule has 0 aliphatic heterocycles. The summed E-state index contributed by atoms with van der Waals surface area (Å²) in [6, 6.07) is 18.9. The van der Waals surface area contributed by atoms with Crippen LogP contribution in [0.3, 0.4) is 0 Å². The predicted molar refractivity (Wildman–Crippen MR) is 73.9 cm³/mol.